The van der Waals surface area contributed by atoms with Crippen LogP contribution in [-0.4, -0.2) is 155 Å². The zero-order chi connectivity index (χ0) is 45.5. The van der Waals surface area contributed by atoms with Gasteiger partial charge in [-0.1, -0.05) is 26.0 Å². The molecule has 7 amide bonds. The topological polar surface area (TPSA) is 334 Å². The fourth-order valence-corrected chi connectivity index (χ4v) is 6.85. The normalized spacial score (nSPS) is 22.0. The van der Waals surface area contributed by atoms with Crippen molar-refractivity contribution in [2.24, 2.45) is 5.92 Å². The average molecular weight is 876 g/mol. The lowest BCUT2D eigenvalue weighted by atomic mass is 9.96. The predicted octanol–water partition coefficient (Wildman–Crippen LogP) is -2.22. The molecule has 0 radical (unpaired) electrons. The third-order valence-electron chi connectivity index (χ3n) is 10.3. The number of anilines is 2. The fraction of sp³-hybridized carbons (Fsp3) is 0.436. The maximum absolute atomic E-state index is 13.5. The molecule has 334 valence electrons. The van der Waals surface area contributed by atoms with Gasteiger partial charge >= 0.3 is 6.09 Å². The van der Waals surface area contributed by atoms with Gasteiger partial charge < -0.3 is 51.3 Å². The van der Waals surface area contributed by atoms with Crippen molar-refractivity contribution in [1.82, 2.24) is 45.7 Å². The summed E-state index contributed by atoms with van der Waals surface area (Å²) in [6, 6.07) is 1.20. The van der Waals surface area contributed by atoms with Gasteiger partial charge in [-0.25, -0.2) is 19.7 Å². The number of aliphatic hydroxyl groups excluding tert-OH is 2. The van der Waals surface area contributed by atoms with Crippen LogP contribution in [0.2, 0.25) is 0 Å². The third kappa shape index (κ3) is 10.7. The average Bonchev–Trinajstić information content (AvgIpc) is 3.99. The van der Waals surface area contributed by atoms with E-state index < -0.39 is 109 Å². The lowest BCUT2D eigenvalue weighted by Gasteiger charge is -2.39. The second kappa shape index (κ2) is 19.7. The molecule has 2 aromatic heterocycles. The number of amides is 7. The summed E-state index contributed by atoms with van der Waals surface area (Å²) in [5, 5.41) is 34.0. The van der Waals surface area contributed by atoms with Crippen LogP contribution in [0, 0.1) is 5.92 Å². The second-order valence-corrected chi connectivity index (χ2v) is 15.1. The van der Waals surface area contributed by atoms with Gasteiger partial charge in [0.15, 0.2) is 23.5 Å². The SMILES string of the molecule is CC(C)[C@H](NC(=O)CCN1C(=O)C=CC1=O)C(=O)N[C@@H](C)C(=O)Nc1ccc(COC(=O)N2CC(=O)C[C@@H]2C(=O)N[C@H]2[C@H](CO)O[C@H](Nc3ncnc4nc[nH]c34)C(=O)[C@@H]2O)cc1. The summed E-state index contributed by atoms with van der Waals surface area (Å²) in [5.41, 5.74) is 1.43. The van der Waals surface area contributed by atoms with Gasteiger partial charge in [-0.2, -0.15) is 0 Å². The van der Waals surface area contributed by atoms with Crippen LogP contribution in [0.25, 0.3) is 11.2 Å². The first-order valence-electron chi connectivity index (χ1n) is 19.7. The van der Waals surface area contributed by atoms with Gasteiger partial charge in [0.2, 0.25) is 29.4 Å². The number of ketones is 2. The molecule has 3 aliphatic heterocycles. The Morgan fingerprint density at radius 1 is 0.968 bits per heavy atom. The zero-order valence-electron chi connectivity index (χ0n) is 34.1. The van der Waals surface area contributed by atoms with Crippen molar-refractivity contribution >= 4 is 75.8 Å². The highest BCUT2D eigenvalue weighted by Crippen LogP contribution is 2.24. The van der Waals surface area contributed by atoms with Gasteiger partial charge in [0.1, 0.15) is 48.8 Å². The first kappa shape index (κ1) is 45.3. The number of benzene rings is 1. The molecule has 2 fully saturated rings. The molecule has 2 saturated heterocycles. The van der Waals surface area contributed by atoms with E-state index in [1.165, 1.54) is 43.8 Å². The Hall–Kier alpha value is -7.18. The van der Waals surface area contributed by atoms with Crippen LogP contribution >= 0.6 is 0 Å². The Morgan fingerprint density at radius 3 is 2.37 bits per heavy atom. The number of nitrogens with zero attached hydrogens (tertiary/aromatic N) is 5. The Balaban J connectivity index is 0.965. The van der Waals surface area contributed by atoms with Crippen molar-refractivity contribution in [1.29, 1.82) is 0 Å². The molecular weight excluding hydrogens is 830 g/mol. The maximum atomic E-state index is 13.5. The molecule has 24 nitrogen and oxygen atoms in total. The van der Waals surface area contributed by atoms with Crippen LogP contribution in [0.4, 0.5) is 16.3 Å². The van der Waals surface area contributed by atoms with E-state index in [0.717, 1.165) is 22.0 Å². The van der Waals surface area contributed by atoms with Crippen molar-refractivity contribution in [3.63, 3.8) is 0 Å². The number of aromatic nitrogens is 4. The first-order chi connectivity index (χ1) is 30.0. The molecule has 3 aliphatic rings. The number of rotatable bonds is 16. The number of H-pyrrole nitrogens is 1. The number of likely N-dealkylation sites (tertiary alicyclic amines) is 1. The maximum Gasteiger partial charge on any atom is 0.411 e. The molecule has 6 rings (SSSR count). The van der Waals surface area contributed by atoms with E-state index in [-0.39, 0.29) is 37.7 Å². The number of ether oxygens (including phenoxy) is 2. The molecule has 0 saturated carbocycles. The third-order valence-corrected chi connectivity index (χ3v) is 10.3. The number of Topliss-reactive ketones (excluding diaryl/α,β-unsaturated/α-hetero) is 2. The number of aromatic amines is 1. The summed E-state index contributed by atoms with van der Waals surface area (Å²) < 4.78 is 11.1. The first-order valence-corrected chi connectivity index (χ1v) is 19.7. The van der Waals surface area contributed by atoms with Gasteiger partial charge in [-0.15, -0.1) is 0 Å². The van der Waals surface area contributed by atoms with E-state index in [1.54, 1.807) is 13.8 Å². The Kier molecular flexibility index (Phi) is 14.2. The molecular formula is C39H45N11O13. The number of imidazole rings is 1. The largest absolute Gasteiger partial charge is 0.445 e. The Morgan fingerprint density at radius 2 is 1.68 bits per heavy atom. The van der Waals surface area contributed by atoms with Gasteiger partial charge in [-0.05, 0) is 30.5 Å². The van der Waals surface area contributed by atoms with Gasteiger partial charge in [0.05, 0.1) is 25.5 Å². The smallest absolute Gasteiger partial charge is 0.411 e. The Bertz CT molecular complexity index is 2300. The number of imide groups is 1. The van der Waals surface area contributed by atoms with E-state index in [1.807, 2.05) is 0 Å². The number of fused-ring (bicyclic) bond motifs is 1. The zero-order valence-corrected chi connectivity index (χ0v) is 34.1. The van der Waals surface area contributed by atoms with Crippen molar-refractivity contribution in [3.05, 3.63) is 54.6 Å². The molecule has 24 heteroatoms. The van der Waals surface area contributed by atoms with Gasteiger partial charge in [0.25, 0.3) is 11.8 Å². The highest BCUT2D eigenvalue weighted by atomic mass is 16.6. The highest BCUT2D eigenvalue weighted by molar-refractivity contribution is 6.13. The molecule has 0 spiro atoms. The monoisotopic (exact) mass is 875 g/mol. The van der Waals surface area contributed by atoms with Crippen molar-refractivity contribution in [2.45, 2.75) is 82.8 Å². The molecule has 1 aromatic carbocycles. The molecule has 8 N–H and O–H groups in total. The van der Waals surface area contributed by atoms with Crippen molar-refractivity contribution < 1.29 is 62.8 Å². The number of aliphatic hydroxyl groups is 2. The molecule has 7 atom stereocenters. The number of carbonyl (C=O) groups excluding carboxylic acids is 9. The standard InChI is InChI=1S/C39H45N11O13/c1-18(2)28(46-25(53)10-11-49-26(54)8-9-27(49)55)37(60)44-19(3)35(58)45-21-6-4-20(5-7-21)15-62-39(61)50-13-22(52)12-23(50)36(59)47-29-24(14-51)63-38(32(57)31(29)56)48-34-30-33(41-16-40-30)42-17-43-34/h4-9,16-19,23-24,28-29,31,38,51,56H,10-15H2,1-3H3,(H,44,60)(H,45,58)(H,46,53)(H,47,59)(H2,40,41,42,43,48)/t19-,23+,24-,28-,29-,31+,38-/m0/s1. The fourth-order valence-electron chi connectivity index (χ4n) is 6.85. The minimum absolute atomic E-state index is 0.129. The molecule has 63 heavy (non-hydrogen) atoms. The summed E-state index contributed by atoms with van der Waals surface area (Å²) in [6.45, 7) is 3.18. The second-order valence-electron chi connectivity index (χ2n) is 15.1. The van der Waals surface area contributed by atoms with Crippen LogP contribution in [0.15, 0.2) is 49.1 Å². The van der Waals surface area contributed by atoms with Crippen LogP contribution in [0.3, 0.4) is 0 Å². The number of hydrogen-bond acceptors (Lipinski definition) is 17. The van der Waals surface area contributed by atoms with E-state index >= 15 is 0 Å². The minimum Gasteiger partial charge on any atom is -0.445 e. The number of hydrogen-bond donors (Lipinski definition) is 8. The summed E-state index contributed by atoms with van der Waals surface area (Å²) in [7, 11) is 0. The van der Waals surface area contributed by atoms with E-state index in [4.69, 9.17) is 9.47 Å². The minimum atomic E-state index is -1.88. The quantitative estimate of drug-likeness (QED) is 0.0707. The van der Waals surface area contributed by atoms with Crippen LogP contribution in [0.5, 0.6) is 0 Å². The summed E-state index contributed by atoms with van der Waals surface area (Å²) in [5.74, 6) is -5.36. The highest BCUT2D eigenvalue weighted by Gasteiger charge is 2.48. The molecule has 0 unspecified atom stereocenters. The van der Waals surface area contributed by atoms with Crippen LogP contribution < -0.4 is 26.6 Å². The molecule has 3 aromatic rings. The number of nitrogens with one attached hydrogen (secondary N) is 6. The molecule has 5 heterocycles. The van der Waals surface area contributed by atoms with Gasteiger partial charge in [0, 0.05) is 37.2 Å². The predicted molar refractivity (Wildman–Crippen MR) is 214 cm³/mol. The van der Waals surface area contributed by atoms with E-state index in [9.17, 15) is 53.4 Å². The van der Waals surface area contributed by atoms with E-state index in [2.05, 4.69) is 46.5 Å². The summed E-state index contributed by atoms with van der Waals surface area (Å²) in [4.78, 5) is 131. The summed E-state index contributed by atoms with van der Waals surface area (Å²) >= 11 is 0. The Labute approximate surface area is 357 Å². The van der Waals surface area contributed by atoms with Crippen LogP contribution in [-0.2, 0) is 54.4 Å². The number of carbonyl (C=O) groups is 9. The van der Waals surface area contributed by atoms with Crippen molar-refractivity contribution in [2.75, 3.05) is 30.3 Å². The lowest BCUT2D eigenvalue weighted by molar-refractivity contribution is -0.165. The van der Waals surface area contributed by atoms with E-state index in [0.29, 0.717) is 22.4 Å². The van der Waals surface area contributed by atoms with Crippen molar-refractivity contribution in [3.8, 4) is 0 Å². The molecule has 0 bridgehead atoms. The lowest BCUT2D eigenvalue weighted by Crippen LogP contribution is -2.65. The summed E-state index contributed by atoms with van der Waals surface area (Å²) in [6.07, 6.45) is -1.53. The molecule has 0 aliphatic carbocycles. The van der Waals surface area contributed by atoms with Crippen LogP contribution in [0.1, 0.15) is 39.2 Å². The van der Waals surface area contributed by atoms with Gasteiger partial charge in [-0.3, -0.25) is 48.2 Å².